The number of hydrogen-bond acceptors (Lipinski definition) is 2. The number of carboxylic acid groups (broad SMARTS) is 1. The van der Waals surface area contributed by atoms with E-state index in [4.69, 9.17) is 5.11 Å². The maximum Gasteiger partial charge on any atom is 0.328 e. The summed E-state index contributed by atoms with van der Waals surface area (Å²) >= 11 is 0. The molecule has 1 aromatic rings. The van der Waals surface area contributed by atoms with E-state index in [1.165, 1.54) is 6.08 Å². The summed E-state index contributed by atoms with van der Waals surface area (Å²) in [5.41, 5.74) is 0. The summed E-state index contributed by atoms with van der Waals surface area (Å²) in [4.78, 5) is 16.5. The number of carboxylic acids is 1. The molecule has 2 N–H and O–H groups in total. The summed E-state index contributed by atoms with van der Waals surface area (Å²) in [5, 5.41) is 8.18. The largest absolute Gasteiger partial charge is 0.478 e. The molecule has 0 unspecified atom stereocenters. The number of aliphatic carboxylic acids is 1. The van der Waals surface area contributed by atoms with Crippen LogP contribution in [0.1, 0.15) is 5.82 Å². The molecular weight excluding hydrogens is 168 g/mol. The Morgan fingerprint density at radius 1 is 1.73 bits per heavy atom. The molecule has 0 saturated heterocycles. The lowest BCUT2D eigenvalue weighted by Crippen LogP contribution is -1.85. The minimum Gasteiger partial charge on any atom is -0.478 e. The van der Waals surface area contributed by atoms with Gasteiger partial charge < -0.3 is 10.1 Å². The summed E-state index contributed by atoms with van der Waals surface area (Å²) in [6.45, 7) is 0. The molecule has 0 spiro atoms. The Morgan fingerprint density at radius 2 is 2.45 bits per heavy atom. The first kappa shape index (κ1) is 9.71. The van der Waals surface area contributed by atoms with Crippen LogP contribution in [0.15, 0.2) is 18.5 Å². The molecule has 0 bridgehead atoms. The van der Waals surface area contributed by atoms with Gasteiger partial charge in [0.1, 0.15) is 5.82 Å². The Kier molecular flexibility index (Phi) is 3.98. The van der Waals surface area contributed by atoms with Crippen molar-refractivity contribution in [3.05, 3.63) is 24.3 Å². The van der Waals surface area contributed by atoms with E-state index in [1.54, 1.807) is 12.4 Å². The molecule has 0 aromatic carbocycles. The minimum absolute atomic E-state index is 0. The first-order chi connectivity index (χ1) is 4.79. The van der Waals surface area contributed by atoms with Crippen LogP contribution >= 0.6 is 12.4 Å². The zero-order valence-electron chi connectivity index (χ0n) is 5.52. The van der Waals surface area contributed by atoms with Crippen LogP contribution in [0.5, 0.6) is 0 Å². The molecule has 5 heteroatoms. The fourth-order valence-corrected chi connectivity index (χ4v) is 0.519. The molecule has 0 aliphatic carbocycles. The Morgan fingerprint density at radius 3 is 2.91 bits per heavy atom. The van der Waals surface area contributed by atoms with Crippen LogP contribution in [0, 0.1) is 0 Å². The predicted molar refractivity (Wildman–Crippen MR) is 42.5 cm³/mol. The zero-order valence-corrected chi connectivity index (χ0v) is 6.34. The zero-order chi connectivity index (χ0) is 7.40. The third-order valence-electron chi connectivity index (χ3n) is 0.903. The molecule has 0 radical (unpaired) electrons. The molecular formula is C6H7ClN2O2. The van der Waals surface area contributed by atoms with Gasteiger partial charge in [0.15, 0.2) is 0 Å². The summed E-state index contributed by atoms with van der Waals surface area (Å²) in [5.74, 6) is -0.432. The highest BCUT2D eigenvalue weighted by molar-refractivity contribution is 5.85. The fourth-order valence-electron chi connectivity index (χ4n) is 0.519. The molecule has 1 rings (SSSR count). The van der Waals surface area contributed by atoms with Crippen molar-refractivity contribution in [2.75, 3.05) is 0 Å². The summed E-state index contributed by atoms with van der Waals surface area (Å²) in [7, 11) is 0. The van der Waals surface area contributed by atoms with Crippen molar-refractivity contribution < 1.29 is 9.90 Å². The lowest BCUT2D eigenvalue weighted by atomic mass is 10.5. The number of rotatable bonds is 2. The minimum atomic E-state index is -0.976. The van der Waals surface area contributed by atoms with Crippen LogP contribution < -0.4 is 0 Å². The van der Waals surface area contributed by atoms with Crippen molar-refractivity contribution in [1.82, 2.24) is 9.97 Å². The van der Waals surface area contributed by atoms with Crippen molar-refractivity contribution >= 4 is 24.5 Å². The lowest BCUT2D eigenvalue weighted by Gasteiger charge is -1.79. The second-order valence-electron chi connectivity index (χ2n) is 1.65. The van der Waals surface area contributed by atoms with E-state index in [0.717, 1.165) is 6.08 Å². The van der Waals surface area contributed by atoms with E-state index < -0.39 is 5.97 Å². The van der Waals surface area contributed by atoms with Gasteiger partial charge in [-0.1, -0.05) is 0 Å². The van der Waals surface area contributed by atoms with E-state index in [1.807, 2.05) is 0 Å². The van der Waals surface area contributed by atoms with Gasteiger partial charge in [-0.15, -0.1) is 12.4 Å². The van der Waals surface area contributed by atoms with E-state index in [0.29, 0.717) is 5.82 Å². The third kappa shape index (κ3) is 3.42. The Hall–Kier alpha value is -1.29. The van der Waals surface area contributed by atoms with Gasteiger partial charge in [-0.2, -0.15) is 0 Å². The Bertz CT molecular complexity index is 243. The third-order valence-corrected chi connectivity index (χ3v) is 0.903. The number of nitrogens with zero attached hydrogens (tertiary/aromatic N) is 1. The first-order valence-electron chi connectivity index (χ1n) is 2.69. The van der Waals surface area contributed by atoms with Crippen molar-refractivity contribution in [1.29, 1.82) is 0 Å². The molecule has 0 saturated carbocycles. The topological polar surface area (TPSA) is 66.0 Å². The molecule has 4 nitrogen and oxygen atoms in total. The number of aromatic nitrogens is 2. The number of carbonyl (C=O) groups is 1. The average molecular weight is 175 g/mol. The van der Waals surface area contributed by atoms with Crippen molar-refractivity contribution in [3.8, 4) is 0 Å². The van der Waals surface area contributed by atoms with Gasteiger partial charge in [0.05, 0.1) is 0 Å². The predicted octanol–water partition coefficient (Wildman–Crippen LogP) is 0.929. The second kappa shape index (κ2) is 4.51. The lowest BCUT2D eigenvalue weighted by molar-refractivity contribution is -0.131. The van der Waals surface area contributed by atoms with Gasteiger partial charge in [0, 0.05) is 18.5 Å². The van der Waals surface area contributed by atoms with Crippen LogP contribution in [0.25, 0.3) is 6.08 Å². The maximum absolute atomic E-state index is 9.97. The van der Waals surface area contributed by atoms with Gasteiger partial charge in [-0.05, 0) is 6.08 Å². The SMILES string of the molecule is Cl.O=C(O)/C=C\c1ncc[nH]1. The molecule has 0 aliphatic rings. The number of imidazole rings is 1. The molecule has 11 heavy (non-hydrogen) atoms. The fraction of sp³-hybridized carbons (Fsp3) is 0. The van der Waals surface area contributed by atoms with Gasteiger partial charge >= 0.3 is 5.97 Å². The van der Waals surface area contributed by atoms with Gasteiger partial charge in [-0.25, -0.2) is 9.78 Å². The highest BCUT2D eigenvalue weighted by Crippen LogP contribution is 1.90. The van der Waals surface area contributed by atoms with Gasteiger partial charge in [-0.3, -0.25) is 0 Å². The molecule has 60 valence electrons. The average Bonchev–Trinajstić information content (AvgIpc) is 2.34. The standard InChI is InChI=1S/C6H6N2O2.ClH/c9-6(10)2-1-5-7-3-4-8-5;/h1-4H,(H,7,8)(H,9,10);1H/b2-1-;. The quantitative estimate of drug-likeness (QED) is 0.656. The van der Waals surface area contributed by atoms with E-state index in [-0.39, 0.29) is 12.4 Å². The van der Waals surface area contributed by atoms with Crippen LogP contribution in [-0.2, 0) is 4.79 Å². The highest BCUT2D eigenvalue weighted by Gasteiger charge is 1.87. The molecule has 0 atom stereocenters. The normalized spacial score (nSPS) is 9.45. The van der Waals surface area contributed by atoms with E-state index >= 15 is 0 Å². The van der Waals surface area contributed by atoms with Crippen molar-refractivity contribution in [3.63, 3.8) is 0 Å². The molecule has 0 amide bonds. The Balaban J connectivity index is 0.000001000. The maximum atomic E-state index is 9.97. The second-order valence-corrected chi connectivity index (χ2v) is 1.65. The van der Waals surface area contributed by atoms with Gasteiger partial charge in [0.2, 0.25) is 0 Å². The van der Waals surface area contributed by atoms with Crippen molar-refractivity contribution in [2.24, 2.45) is 0 Å². The molecule has 1 heterocycles. The summed E-state index contributed by atoms with van der Waals surface area (Å²) in [6, 6.07) is 0. The number of nitrogens with one attached hydrogen (secondary N) is 1. The van der Waals surface area contributed by atoms with Crippen LogP contribution in [0.2, 0.25) is 0 Å². The number of hydrogen-bond donors (Lipinski definition) is 2. The number of H-pyrrole nitrogens is 1. The van der Waals surface area contributed by atoms with Crippen molar-refractivity contribution in [2.45, 2.75) is 0 Å². The van der Waals surface area contributed by atoms with Gasteiger partial charge in [0.25, 0.3) is 0 Å². The number of halogens is 1. The summed E-state index contributed by atoms with van der Waals surface area (Å²) in [6.07, 6.45) is 5.60. The van der Waals surface area contributed by atoms with Crippen LogP contribution in [0.4, 0.5) is 0 Å². The first-order valence-corrected chi connectivity index (χ1v) is 2.69. The van der Waals surface area contributed by atoms with E-state index in [2.05, 4.69) is 9.97 Å². The molecule has 1 aromatic heterocycles. The molecule has 0 fully saturated rings. The Labute approximate surface area is 69.4 Å². The monoisotopic (exact) mass is 174 g/mol. The smallest absolute Gasteiger partial charge is 0.328 e. The van der Waals surface area contributed by atoms with E-state index in [9.17, 15) is 4.79 Å². The number of aromatic amines is 1. The molecule has 0 aliphatic heterocycles. The summed E-state index contributed by atoms with van der Waals surface area (Å²) < 4.78 is 0. The van der Waals surface area contributed by atoms with Crippen LogP contribution in [0.3, 0.4) is 0 Å². The highest BCUT2D eigenvalue weighted by atomic mass is 35.5. The van der Waals surface area contributed by atoms with Crippen LogP contribution in [-0.4, -0.2) is 21.0 Å².